The van der Waals surface area contributed by atoms with E-state index in [0.29, 0.717) is 35.9 Å². The molecule has 3 aliphatic rings. The fraction of sp³-hybridized carbons (Fsp3) is 0.650. The Morgan fingerprint density at radius 3 is 2.33 bits per heavy atom. The minimum atomic E-state index is -3.41. The summed E-state index contributed by atoms with van der Waals surface area (Å²) in [6, 6.07) is 8.51. The largest absolute Gasteiger partial charge is 0.343 e. The lowest BCUT2D eigenvalue weighted by atomic mass is 9.98. The molecule has 7 heteroatoms. The molecule has 1 saturated carbocycles. The maximum Gasteiger partial charge on any atom is 0.240 e. The molecule has 1 aliphatic carbocycles. The number of nitrogens with one attached hydrogen (secondary N) is 2. The van der Waals surface area contributed by atoms with Gasteiger partial charge < -0.3 is 10.2 Å². The van der Waals surface area contributed by atoms with Gasteiger partial charge in [0.05, 0.1) is 4.90 Å². The molecule has 0 spiro atoms. The molecule has 2 N–H and O–H groups in total. The number of hydrogen-bond donors (Lipinski definition) is 2. The molecule has 0 radical (unpaired) electrons. The van der Waals surface area contributed by atoms with Crippen LogP contribution in [0.3, 0.4) is 0 Å². The van der Waals surface area contributed by atoms with E-state index >= 15 is 0 Å². The van der Waals surface area contributed by atoms with Crippen LogP contribution in [-0.2, 0) is 21.2 Å². The van der Waals surface area contributed by atoms with Crippen LogP contribution in [0.2, 0.25) is 0 Å². The van der Waals surface area contributed by atoms with E-state index in [1.807, 2.05) is 24.1 Å². The van der Waals surface area contributed by atoms with Crippen LogP contribution in [0, 0.1) is 0 Å². The summed E-state index contributed by atoms with van der Waals surface area (Å²) in [5.74, 6) is 0.174. The fourth-order valence-corrected chi connectivity index (χ4v) is 5.60. The zero-order chi connectivity index (χ0) is 19.0. The Kier molecular flexibility index (Phi) is 5.27. The minimum Gasteiger partial charge on any atom is -0.343 e. The predicted octanol–water partition coefficient (Wildman–Crippen LogP) is 1.80. The molecule has 2 saturated heterocycles. The third-order valence-electron chi connectivity index (χ3n) is 6.15. The van der Waals surface area contributed by atoms with E-state index in [0.717, 1.165) is 31.2 Å². The molecule has 148 valence electrons. The first kappa shape index (κ1) is 18.9. The number of hydrogen-bond acceptors (Lipinski definition) is 4. The number of aryl methyl sites for hydroxylation is 1. The van der Waals surface area contributed by atoms with Gasteiger partial charge >= 0.3 is 0 Å². The molecule has 0 aromatic heterocycles. The van der Waals surface area contributed by atoms with E-state index in [4.69, 9.17) is 0 Å². The van der Waals surface area contributed by atoms with Gasteiger partial charge in [-0.05, 0) is 62.6 Å². The maximum absolute atomic E-state index is 12.6. The average Bonchev–Trinajstić information content (AvgIpc) is 3.40. The standard InChI is InChI=1S/C20H29N3O3S/c1-23(18-12-16-7-8-17(13-18)21-16)20(24)11-4-14-2-9-19(10-3-14)27(25,26)22-15-5-6-15/h2-3,9-10,15-18,21-22H,4-8,11-13H2,1H3. The van der Waals surface area contributed by atoms with E-state index in [9.17, 15) is 13.2 Å². The summed E-state index contributed by atoms with van der Waals surface area (Å²) in [6.07, 6.45) is 7.51. The highest BCUT2D eigenvalue weighted by atomic mass is 32.2. The number of piperidine rings is 1. The molecule has 6 nitrogen and oxygen atoms in total. The first-order valence-electron chi connectivity index (χ1n) is 10.0. The molecule has 2 bridgehead atoms. The summed E-state index contributed by atoms with van der Waals surface area (Å²) in [4.78, 5) is 14.8. The van der Waals surface area contributed by atoms with Gasteiger partial charge in [-0.1, -0.05) is 12.1 Å². The molecule has 1 aromatic rings. The smallest absolute Gasteiger partial charge is 0.240 e. The van der Waals surface area contributed by atoms with E-state index in [2.05, 4.69) is 10.0 Å². The molecule has 1 amide bonds. The van der Waals surface area contributed by atoms with E-state index < -0.39 is 10.0 Å². The van der Waals surface area contributed by atoms with E-state index in [1.54, 1.807) is 12.1 Å². The van der Waals surface area contributed by atoms with Gasteiger partial charge in [0.2, 0.25) is 15.9 Å². The van der Waals surface area contributed by atoms with Crippen molar-refractivity contribution in [1.29, 1.82) is 0 Å². The van der Waals surface area contributed by atoms with Crippen molar-refractivity contribution < 1.29 is 13.2 Å². The van der Waals surface area contributed by atoms with Gasteiger partial charge in [-0.3, -0.25) is 4.79 Å². The summed E-state index contributed by atoms with van der Waals surface area (Å²) in [7, 11) is -1.48. The van der Waals surface area contributed by atoms with Crippen LogP contribution in [-0.4, -0.2) is 50.4 Å². The third-order valence-corrected chi connectivity index (χ3v) is 7.69. The number of benzene rings is 1. The lowest BCUT2D eigenvalue weighted by molar-refractivity contribution is -0.132. The van der Waals surface area contributed by atoms with Crippen molar-refractivity contribution in [2.75, 3.05) is 7.05 Å². The first-order chi connectivity index (χ1) is 12.9. The van der Waals surface area contributed by atoms with Crippen molar-refractivity contribution in [3.63, 3.8) is 0 Å². The predicted molar refractivity (Wildman–Crippen MR) is 104 cm³/mol. The minimum absolute atomic E-state index is 0.105. The van der Waals surface area contributed by atoms with Gasteiger partial charge in [-0.15, -0.1) is 0 Å². The van der Waals surface area contributed by atoms with E-state index in [1.165, 1.54) is 12.8 Å². The molecular formula is C20H29N3O3S. The van der Waals surface area contributed by atoms with Crippen molar-refractivity contribution in [3.05, 3.63) is 29.8 Å². The van der Waals surface area contributed by atoms with Gasteiger partial charge in [-0.2, -0.15) is 0 Å². The number of fused-ring (bicyclic) bond motifs is 2. The Bertz CT molecular complexity index is 777. The lowest BCUT2D eigenvalue weighted by Gasteiger charge is -2.35. The molecule has 27 heavy (non-hydrogen) atoms. The highest BCUT2D eigenvalue weighted by Crippen LogP contribution is 2.29. The monoisotopic (exact) mass is 391 g/mol. The van der Waals surface area contributed by atoms with Crippen molar-refractivity contribution in [2.24, 2.45) is 0 Å². The van der Waals surface area contributed by atoms with Crippen molar-refractivity contribution in [2.45, 2.75) is 80.4 Å². The summed E-state index contributed by atoms with van der Waals surface area (Å²) in [5.41, 5.74) is 0.993. The Hall–Kier alpha value is -1.44. The zero-order valence-corrected chi connectivity index (χ0v) is 16.7. The second kappa shape index (κ2) is 7.53. The number of carbonyl (C=O) groups excluding carboxylic acids is 1. The van der Waals surface area contributed by atoms with Crippen LogP contribution in [0.5, 0.6) is 0 Å². The van der Waals surface area contributed by atoms with Crippen LogP contribution in [0.25, 0.3) is 0 Å². The SMILES string of the molecule is CN(C(=O)CCc1ccc(S(=O)(=O)NC2CC2)cc1)C1CC2CCC(C1)N2. The lowest BCUT2D eigenvalue weighted by Crippen LogP contribution is -2.48. The summed E-state index contributed by atoms with van der Waals surface area (Å²) >= 11 is 0. The molecule has 2 heterocycles. The van der Waals surface area contributed by atoms with Crippen molar-refractivity contribution in [1.82, 2.24) is 14.9 Å². The number of rotatable bonds is 7. The quantitative estimate of drug-likeness (QED) is 0.743. The fourth-order valence-electron chi connectivity index (χ4n) is 4.30. The number of amides is 1. The Balaban J connectivity index is 1.29. The molecule has 1 aromatic carbocycles. The highest BCUT2D eigenvalue weighted by molar-refractivity contribution is 7.89. The second-order valence-corrected chi connectivity index (χ2v) is 10.0. The van der Waals surface area contributed by atoms with Crippen LogP contribution in [0.4, 0.5) is 0 Å². The van der Waals surface area contributed by atoms with Crippen LogP contribution < -0.4 is 10.0 Å². The van der Waals surface area contributed by atoms with Gasteiger partial charge in [0.25, 0.3) is 0 Å². The Labute approximate surface area is 161 Å². The van der Waals surface area contributed by atoms with Gasteiger partial charge in [-0.25, -0.2) is 13.1 Å². The summed E-state index contributed by atoms with van der Waals surface area (Å²) in [6.45, 7) is 0. The first-order valence-corrected chi connectivity index (χ1v) is 11.5. The van der Waals surface area contributed by atoms with Gasteiger partial charge in [0.1, 0.15) is 0 Å². The van der Waals surface area contributed by atoms with Crippen LogP contribution >= 0.6 is 0 Å². The van der Waals surface area contributed by atoms with Crippen LogP contribution in [0.15, 0.2) is 29.2 Å². The van der Waals surface area contributed by atoms with Crippen LogP contribution in [0.1, 0.15) is 50.5 Å². The maximum atomic E-state index is 12.6. The number of carbonyl (C=O) groups is 1. The second-order valence-electron chi connectivity index (χ2n) is 8.31. The number of nitrogens with zero attached hydrogens (tertiary/aromatic N) is 1. The topological polar surface area (TPSA) is 78.5 Å². The van der Waals surface area contributed by atoms with Gasteiger partial charge in [0, 0.05) is 37.6 Å². The van der Waals surface area contributed by atoms with Crippen molar-refractivity contribution >= 4 is 15.9 Å². The highest BCUT2D eigenvalue weighted by Gasteiger charge is 2.36. The molecule has 3 fully saturated rings. The molecule has 2 aliphatic heterocycles. The zero-order valence-electron chi connectivity index (χ0n) is 15.9. The Morgan fingerprint density at radius 1 is 1.11 bits per heavy atom. The average molecular weight is 392 g/mol. The third kappa shape index (κ3) is 4.52. The molecular weight excluding hydrogens is 362 g/mol. The summed E-state index contributed by atoms with van der Waals surface area (Å²) in [5, 5.41) is 3.61. The molecule has 2 atom stereocenters. The molecule has 2 unspecified atom stereocenters. The van der Waals surface area contributed by atoms with E-state index in [-0.39, 0.29) is 11.9 Å². The van der Waals surface area contributed by atoms with Crippen molar-refractivity contribution in [3.8, 4) is 0 Å². The number of sulfonamides is 1. The van der Waals surface area contributed by atoms with Gasteiger partial charge in [0.15, 0.2) is 0 Å². The molecule has 4 rings (SSSR count). The normalized spacial score (nSPS) is 27.5. The Morgan fingerprint density at radius 2 is 1.74 bits per heavy atom. The summed E-state index contributed by atoms with van der Waals surface area (Å²) < 4.78 is 27.1.